The second-order valence-electron chi connectivity index (χ2n) is 5.52. The monoisotopic (exact) mass is 224 g/mol. The van der Waals surface area contributed by atoms with Gasteiger partial charge < -0.3 is 4.98 Å². The van der Waals surface area contributed by atoms with E-state index < -0.39 is 0 Å². The van der Waals surface area contributed by atoms with Crippen molar-refractivity contribution >= 4 is 21.8 Å². The first kappa shape index (κ1) is 10.3. The Morgan fingerprint density at radius 2 is 1.94 bits per heavy atom. The molecule has 0 aliphatic heterocycles. The summed E-state index contributed by atoms with van der Waals surface area (Å²) < 4.78 is 0. The van der Waals surface area contributed by atoms with Crippen LogP contribution in [0.15, 0.2) is 36.7 Å². The Bertz CT molecular complexity index is 687. The maximum atomic E-state index is 4.58. The molecular formula is C15H16N2. The fourth-order valence-electron chi connectivity index (χ4n) is 2.33. The van der Waals surface area contributed by atoms with Crippen molar-refractivity contribution in [1.29, 1.82) is 0 Å². The van der Waals surface area contributed by atoms with Crippen LogP contribution in [0.5, 0.6) is 0 Å². The number of nitrogens with one attached hydrogen (secondary N) is 1. The van der Waals surface area contributed by atoms with Crippen LogP contribution in [0.1, 0.15) is 26.3 Å². The molecule has 3 aromatic rings. The van der Waals surface area contributed by atoms with E-state index in [1.165, 1.54) is 16.3 Å². The number of benzene rings is 1. The highest BCUT2D eigenvalue weighted by atomic mass is 14.7. The van der Waals surface area contributed by atoms with Crippen LogP contribution in [0.25, 0.3) is 21.8 Å². The third-order valence-electron chi connectivity index (χ3n) is 3.23. The third-order valence-corrected chi connectivity index (χ3v) is 3.23. The summed E-state index contributed by atoms with van der Waals surface area (Å²) in [5.74, 6) is 0. The van der Waals surface area contributed by atoms with E-state index in [0.717, 1.165) is 11.0 Å². The standard InChI is InChI=1S/C15H16N2/c1-15(2,3)12-9-17-14-11(12)7-6-10-5-4-8-16-13(10)14/h4-9,16H,1-3H3. The van der Waals surface area contributed by atoms with Gasteiger partial charge in [0.05, 0.1) is 11.0 Å². The second-order valence-corrected chi connectivity index (χ2v) is 5.52. The maximum Gasteiger partial charge on any atom is 0.0946 e. The van der Waals surface area contributed by atoms with Crippen LogP contribution in [0.2, 0.25) is 0 Å². The third kappa shape index (κ3) is 1.52. The zero-order valence-corrected chi connectivity index (χ0v) is 10.4. The molecule has 3 rings (SSSR count). The Labute approximate surface area is 101 Å². The molecule has 1 N–H and O–H groups in total. The van der Waals surface area contributed by atoms with Gasteiger partial charge in [0.1, 0.15) is 0 Å². The van der Waals surface area contributed by atoms with Gasteiger partial charge in [-0.2, -0.15) is 0 Å². The molecule has 2 heteroatoms. The summed E-state index contributed by atoms with van der Waals surface area (Å²) in [5, 5.41) is 2.46. The summed E-state index contributed by atoms with van der Waals surface area (Å²) in [6.45, 7) is 6.67. The SMILES string of the molecule is CC(C)(C)c1cnc2c1ccc1ccc[nH]c12. The van der Waals surface area contributed by atoms with Gasteiger partial charge in [0.2, 0.25) is 0 Å². The highest BCUT2D eigenvalue weighted by Crippen LogP contribution is 2.32. The van der Waals surface area contributed by atoms with Crippen LogP contribution < -0.4 is 0 Å². The van der Waals surface area contributed by atoms with Crippen LogP contribution in [-0.2, 0) is 5.41 Å². The molecule has 2 aromatic heterocycles. The lowest BCUT2D eigenvalue weighted by molar-refractivity contribution is 0.596. The molecule has 0 unspecified atom stereocenters. The Hall–Kier alpha value is -1.83. The number of aromatic amines is 1. The van der Waals surface area contributed by atoms with E-state index in [9.17, 15) is 0 Å². The van der Waals surface area contributed by atoms with Crippen molar-refractivity contribution in [1.82, 2.24) is 9.97 Å². The van der Waals surface area contributed by atoms with Crippen molar-refractivity contribution in [2.45, 2.75) is 26.2 Å². The van der Waals surface area contributed by atoms with Crippen molar-refractivity contribution in [3.05, 3.63) is 42.2 Å². The Balaban J connectivity index is 2.43. The topological polar surface area (TPSA) is 28.7 Å². The zero-order chi connectivity index (χ0) is 12.0. The largest absolute Gasteiger partial charge is 0.359 e. The molecule has 0 aliphatic carbocycles. The Kier molecular flexibility index (Phi) is 2.02. The van der Waals surface area contributed by atoms with Gasteiger partial charge in [-0.3, -0.25) is 4.98 Å². The zero-order valence-electron chi connectivity index (χ0n) is 10.4. The average molecular weight is 224 g/mol. The Morgan fingerprint density at radius 3 is 2.71 bits per heavy atom. The highest BCUT2D eigenvalue weighted by molar-refractivity contribution is 6.04. The van der Waals surface area contributed by atoms with Crippen LogP contribution >= 0.6 is 0 Å². The van der Waals surface area contributed by atoms with Crippen molar-refractivity contribution in [2.24, 2.45) is 0 Å². The summed E-state index contributed by atoms with van der Waals surface area (Å²) in [4.78, 5) is 7.88. The molecular weight excluding hydrogens is 208 g/mol. The fourth-order valence-corrected chi connectivity index (χ4v) is 2.33. The minimum absolute atomic E-state index is 0.136. The number of hydrogen-bond acceptors (Lipinski definition) is 1. The molecule has 2 nitrogen and oxygen atoms in total. The maximum absolute atomic E-state index is 4.58. The van der Waals surface area contributed by atoms with Crippen molar-refractivity contribution < 1.29 is 0 Å². The van der Waals surface area contributed by atoms with Gasteiger partial charge in [0.25, 0.3) is 0 Å². The summed E-state index contributed by atoms with van der Waals surface area (Å²) in [6.07, 6.45) is 3.96. The second kappa shape index (κ2) is 3.33. The molecule has 0 atom stereocenters. The van der Waals surface area contributed by atoms with Crippen LogP contribution in [0.4, 0.5) is 0 Å². The predicted octanol–water partition coefficient (Wildman–Crippen LogP) is 4.01. The predicted molar refractivity (Wildman–Crippen MR) is 72.3 cm³/mol. The van der Waals surface area contributed by atoms with Gasteiger partial charge >= 0.3 is 0 Å². The van der Waals surface area contributed by atoms with Gasteiger partial charge in [-0.15, -0.1) is 0 Å². The molecule has 17 heavy (non-hydrogen) atoms. The first-order chi connectivity index (χ1) is 8.07. The first-order valence-electron chi connectivity index (χ1n) is 5.93. The summed E-state index contributed by atoms with van der Waals surface area (Å²) in [7, 11) is 0. The lowest BCUT2D eigenvalue weighted by atomic mass is 9.87. The smallest absolute Gasteiger partial charge is 0.0946 e. The highest BCUT2D eigenvalue weighted by Gasteiger charge is 2.19. The van der Waals surface area contributed by atoms with Crippen LogP contribution in [0.3, 0.4) is 0 Å². The van der Waals surface area contributed by atoms with Gasteiger partial charge in [-0.25, -0.2) is 0 Å². The van der Waals surface area contributed by atoms with E-state index >= 15 is 0 Å². The minimum atomic E-state index is 0.136. The molecule has 2 heterocycles. The molecule has 0 fully saturated rings. The van der Waals surface area contributed by atoms with Crippen LogP contribution in [0, 0.1) is 0 Å². The molecule has 0 saturated heterocycles. The quantitative estimate of drug-likeness (QED) is 0.614. The summed E-state index contributed by atoms with van der Waals surface area (Å²) in [6, 6.07) is 8.46. The van der Waals surface area contributed by atoms with Gasteiger partial charge in [0, 0.05) is 23.2 Å². The number of H-pyrrole nitrogens is 1. The lowest BCUT2D eigenvalue weighted by Crippen LogP contribution is -2.09. The van der Waals surface area contributed by atoms with Crippen molar-refractivity contribution in [3.63, 3.8) is 0 Å². The Morgan fingerprint density at radius 1 is 1.12 bits per heavy atom. The van der Waals surface area contributed by atoms with Crippen molar-refractivity contribution in [2.75, 3.05) is 0 Å². The molecule has 1 aromatic carbocycles. The number of aromatic nitrogens is 2. The number of pyridine rings is 1. The molecule has 0 amide bonds. The van der Waals surface area contributed by atoms with E-state index in [1.807, 2.05) is 18.5 Å². The number of rotatable bonds is 0. The van der Waals surface area contributed by atoms with Gasteiger partial charge in [-0.1, -0.05) is 39.0 Å². The fraction of sp³-hybridized carbons (Fsp3) is 0.267. The van der Waals surface area contributed by atoms with Gasteiger partial charge in [0.15, 0.2) is 0 Å². The molecule has 0 saturated carbocycles. The molecule has 0 radical (unpaired) electrons. The molecule has 86 valence electrons. The average Bonchev–Trinajstić information content (AvgIpc) is 2.72. The summed E-state index contributed by atoms with van der Waals surface area (Å²) >= 11 is 0. The molecule has 0 spiro atoms. The first-order valence-corrected chi connectivity index (χ1v) is 5.93. The van der Waals surface area contributed by atoms with Crippen molar-refractivity contribution in [3.8, 4) is 0 Å². The van der Waals surface area contributed by atoms with E-state index in [0.29, 0.717) is 0 Å². The number of fused-ring (bicyclic) bond motifs is 3. The van der Waals surface area contributed by atoms with Crippen LogP contribution in [-0.4, -0.2) is 9.97 Å². The van der Waals surface area contributed by atoms with E-state index in [-0.39, 0.29) is 5.41 Å². The molecule has 0 bridgehead atoms. The number of nitrogens with zero attached hydrogens (tertiary/aromatic N) is 1. The van der Waals surface area contributed by atoms with E-state index in [4.69, 9.17) is 0 Å². The number of hydrogen-bond donors (Lipinski definition) is 1. The van der Waals surface area contributed by atoms with Gasteiger partial charge in [-0.05, 0) is 17.0 Å². The normalized spacial score (nSPS) is 12.4. The molecule has 0 aliphatic rings. The lowest BCUT2D eigenvalue weighted by Gasteiger charge is -2.17. The summed E-state index contributed by atoms with van der Waals surface area (Å²) in [5.41, 5.74) is 3.65. The van der Waals surface area contributed by atoms with E-state index in [1.54, 1.807) is 0 Å². The van der Waals surface area contributed by atoms with E-state index in [2.05, 4.69) is 48.9 Å². The minimum Gasteiger partial charge on any atom is -0.359 e.